The second-order valence-corrected chi connectivity index (χ2v) is 5.92. The summed E-state index contributed by atoms with van der Waals surface area (Å²) in [7, 11) is 2.96. The molecule has 2 heteroatoms. The average Bonchev–Trinajstić information content (AvgIpc) is 2.86. The third-order valence-corrected chi connectivity index (χ3v) is 4.92. The molecule has 3 atom stereocenters. The lowest BCUT2D eigenvalue weighted by atomic mass is 9.83. The lowest BCUT2D eigenvalue weighted by Gasteiger charge is -2.25. The van der Waals surface area contributed by atoms with E-state index in [4.69, 9.17) is 0 Å². The van der Waals surface area contributed by atoms with Crippen LogP contribution >= 0.6 is 9.39 Å². The van der Waals surface area contributed by atoms with Gasteiger partial charge in [0.1, 0.15) is 0 Å². The topological polar surface area (TPSA) is 3.24 Å². The van der Waals surface area contributed by atoms with Gasteiger partial charge in [-0.2, -0.15) is 0 Å². The van der Waals surface area contributed by atoms with E-state index in [1.54, 1.807) is 0 Å². The molecule has 82 valence electrons. The molecule has 14 heavy (non-hydrogen) atoms. The molecule has 0 N–H and O–H groups in total. The molecule has 0 bridgehead atoms. The van der Waals surface area contributed by atoms with Crippen LogP contribution in [0.5, 0.6) is 0 Å². The Morgan fingerprint density at radius 2 is 2.07 bits per heavy atom. The third-order valence-electron chi connectivity index (χ3n) is 4.35. The van der Waals surface area contributed by atoms with Crippen LogP contribution in [-0.2, 0) is 0 Å². The minimum absolute atomic E-state index is 0.762. The molecule has 1 aliphatic carbocycles. The van der Waals surface area contributed by atoms with E-state index in [1.165, 1.54) is 45.1 Å². The lowest BCUT2D eigenvalue weighted by molar-refractivity contribution is 0.290. The Labute approximate surface area is 90.9 Å². The fourth-order valence-electron chi connectivity index (χ4n) is 3.37. The molecule has 0 aromatic carbocycles. The maximum atomic E-state index is 2.96. The van der Waals surface area contributed by atoms with E-state index in [1.807, 2.05) is 0 Å². The smallest absolute Gasteiger partial charge is 0.0161 e. The number of nitrogens with zero attached hydrogens (tertiary/aromatic N) is 1. The van der Waals surface area contributed by atoms with Gasteiger partial charge in [-0.1, -0.05) is 36.1 Å². The van der Waals surface area contributed by atoms with Crippen LogP contribution in [0, 0.1) is 11.3 Å². The van der Waals surface area contributed by atoms with E-state index in [9.17, 15) is 0 Å². The van der Waals surface area contributed by atoms with Crippen LogP contribution < -0.4 is 0 Å². The molecule has 1 spiro atoms. The standard InChI is InChI=1S/C12H24NP/c1-3-5-6-10-11(4-2)13(14)9-12(10)7-8-12/h10-11H,3-9,14H2,1-2H3. The summed E-state index contributed by atoms with van der Waals surface area (Å²) in [5.41, 5.74) is 0.762. The summed E-state index contributed by atoms with van der Waals surface area (Å²) >= 11 is 0. The highest BCUT2D eigenvalue weighted by Gasteiger charge is 2.57. The molecule has 0 aromatic rings. The van der Waals surface area contributed by atoms with E-state index in [2.05, 4.69) is 27.9 Å². The minimum atomic E-state index is 0.762. The Morgan fingerprint density at radius 3 is 2.57 bits per heavy atom. The molecule has 1 saturated carbocycles. The molecule has 2 aliphatic rings. The fourth-order valence-corrected chi connectivity index (χ4v) is 4.15. The Hall–Kier alpha value is 0.390. The molecule has 2 fully saturated rings. The number of unbranched alkanes of at least 4 members (excludes halogenated alkanes) is 1. The summed E-state index contributed by atoms with van der Waals surface area (Å²) in [4.78, 5) is 0. The fraction of sp³-hybridized carbons (Fsp3) is 1.00. The summed E-state index contributed by atoms with van der Waals surface area (Å²) in [5, 5.41) is 0. The van der Waals surface area contributed by atoms with Gasteiger partial charge in [0, 0.05) is 12.6 Å². The van der Waals surface area contributed by atoms with Gasteiger partial charge in [0.05, 0.1) is 0 Å². The first-order valence-electron chi connectivity index (χ1n) is 6.25. The van der Waals surface area contributed by atoms with Crippen molar-refractivity contribution in [3.8, 4) is 0 Å². The zero-order valence-electron chi connectivity index (χ0n) is 9.63. The van der Waals surface area contributed by atoms with Crippen molar-refractivity contribution in [2.24, 2.45) is 11.3 Å². The molecule has 1 aliphatic heterocycles. The summed E-state index contributed by atoms with van der Waals surface area (Å²) in [6.07, 6.45) is 8.60. The van der Waals surface area contributed by atoms with Crippen LogP contribution in [0.4, 0.5) is 0 Å². The molecule has 1 saturated heterocycles. The predicted molar refractivity (Wildman–Crippen MR) is 65.2 cm³/mol. The van der Waals surface area contributed by atoms with Crippen molar-refractivity contribution in [3.63, 3.8) is 0 Å². The maximum absolute atomic E-state index is 2.96. The van der Waals surface area contributed by atoms with Gasteiger partial charge >= 0.3 is 0 Å². The van der Waals surface area contributed by atoms with Crippen molar-refractivity contribution in [3.05, 3.63) is 0 Å². The van der Waals surface area contributed by atoms with E-state index in [0.717, 1.165) is 17.4 Å². The van der Waals surface area contributed by atoms with Gasteiger partial charge in [0.15, 0.2) is 0 Å². The van der Waals surface area contributed by atoms with Crippen LogP contribution in [0.3, 0.4) is 0 Å². The van der Waals surface area contributed by atoms with Crippen molar-refractivity contribution in [1.82, 2.24) is 4.67 Å². The highest BCUT2D eigenvalue weighted by Crippen LogP contribution is 2.61. The Morgan fingerprint density at radius 1 is 1.36 bits per heavy atom. The predicted octanol–water partition coefficient (Wildman–Crippen LogP) is 3.46. The second-order valence-electron chi connectivity index (χ2n) is 5.26. The van der Waals surface area contributed by atoms with Gasteiger partial charge in [0.25, 0.3) is 0 Å². The van der Waals surface area contributed by atoms with Crippen molar-refractivity contribution in [1.29, 1.82) is 0 Å². The van der Waals surface area contributed by atoms with E-state index < -0.39 is 0 Å². The Bertz CT molecular complexity index is 200. The van der Waals surface area contributed by atoms with E-state index in [-0.39, 0.29) is 0 Å². The van der Waals surface area contributed by atoms with Crippen LogP contribution in [0.2, 0.25) is 0 Å². The highest BCUT2D eigenvalue weighted by molar-refractivity contribution is 7.13. The van der Waals surface area contributed by atoms with Crippen LogP contribution in [0.15, 0.2) is 0 Å². The van der Waals surface area contributed by atoms with Gasteiger partial charge in [0.2, 0.25) is 0 Å². The largest absolute Gasteiger partial charge is 0.284 e. The maximum Gasteiger partial charge on any atom is 0.0161 e. The number of hydrogen-bond donors (Lipinski definition) is 0. The molecule has 1 nitrogen and oxygen atoms in total. The first-order chi connectivity index (χ1) is 6.73. The van der Waals surface area contributed by atoms with E-state index >= 15 is 0 Å². The summed E-state index contributed by atoms with van der Waals surface area (Å²) in [5.74, 6) is 1.00. The lowest BCUT2D eigenvalue weighted by Crippen LogP contribution is -2.25. The van der Waals surface area contributed by atoms with Gasteiger partial charge in [-0.05, 0) is 37.0 Å². The quantitative estimate of drug-likeness (QED) is 0.646. The zero-order valence-corrected chi connectivity index (χ0v) is 10.8. The average molecular weight is 213 g/mol. The van der Waals surface area contributed by atoms with Gasteiger partial charge in [-0.25, -0.2) is 0 Å². The Balaban J connectivity index is 2.01. The van der Waals surface area contributed by atoms with Crippen molar-refractivity contribution < 1.29 is 0 Å². The normalized spacial score (nSPS) is 35.4. The van der Waals surface area contributed by atoms with Crippen LogP contribution in [0.25, 0.3) is 0 Å². The number of hydrogen-bond acceptors (Lipinski definition) is 1. The van der Waals surface area contributed by atoms with Crippen molar-refractivity contribution in [2.75, 3.05) is 6.54 Å². The first-order valence-corrected chi connectivity index (χ1v) is 6.76. The van der Waals surface area contributed by atoms with Crippen LogP contribution in [0.1, 0.15) is 52.4 Å². The van der Waals surface area contributed by atoms with Crippen molar-refractivity contribution in [2.45, 2.75) is 58.4 Å². The van der Waals surface area contributed by atoms with Gasteiger partial charge < -0.3 is 0 Å². The molecule has 0 radical (unpaired) electrons. The summed E-state index contributed by atoms with van der Waals surface area (Å²) in [6, 6.07) is 0.856. The molecule has 2 rings (SSSR count). The molecular formula is C12H24NP. The highest BCUT2D eigenvalue weighted by atomic mass is 31.0. The molecule has 3 unspecified atom stereocenters. The summed E-state index contributed by atoms with van der Waals surface area (Å²) in [6.45, 7) is 6.01. The molecule has 1 heterocycles. The molecular weight excluding hydrogens is 189 g/mol. The SMILES string of the molecule is CCCCC1C(CC)N(P)CC12CC2. The molecule has 0 amide bonds. The van der Waals surface area contributed by atoms with Gasteiger partial charge in [-0.3, -0.25) is 4.67 Å². The van der Waals surface area contributed by atoms with Gasteiger partial charge in [-0.15, -0.1) is 0 Å². The van der Waals surface area contributed by atoms with Crippen molar-refractivity contribution >= 4 is 9.39 Å². The van der Waals surface area contributed by atoms with E-state index in [0.29, 0.717) is 0 Å². The first kappa shape index (κ1) is 10.9. The Kier molecular flexibility index (Phi) is 3.19. The van der Waals surface area contributed by atoms with Crippen LogP contribution in [-0.4, -0.2) is 17.3 Å². The molecule has 0 aromatic heterocycles. The zero-order chi connectivity index (χ0) is 10.2. The third kappa shape index (κ3) is 1.74. The minimum Gasteiger partial charge on any atom is -0.284 e. The second kappa shape index (κ2) is 4.10. The monoisotopic (exact) mass is 213 g/mol. The summed E-state index contributed by atoms with van der Waals surface area (Å²) < 4.78 is 2.55. The number of rotatable bonds is 4.